The molecule has 4 heterocycles. The van der Waals surface area contributed by atoms with E-state index in [2.05, 4.69) is 15.2 Å². The maximum atomic E-state index is 15.1. The van der Waals surface area contributed by atoms with Crippen molar-refractivity contribution in [3.63, 3.8) is 0 Å². The fourth-order valence-electron chi connectivity index (χ4n) is 4.97. The zero-order valence-corrected chi connectivity index (χ0v) is 24.7. The number of ether oxygens (including phenoxy) is 3. The highest BCUT2D eigenvalue weighted by Gasteiger charge is 2.21. The van der Waals surface area contributed by atoms with Gasteiger partial charge in [-0.05, 0) is 12.1 Å². The average Bonchev–Trinajstić information content (AvgIpc) is 3.39. The highest BCUT2D eigenvalue weighted by atomic mass is 35.5. The molecule has 0 aliphatic carbocycles. The maximum Gasteiger partial charge on any atom is 0.183 e. The highest BCUT2D eigenvalue weighted by Crippen LogP contribution is 2.30. The summed E-state index contributed by atoms with van der Waals surface area (Å²) in [6, 6.07) is 13.4. The first-order valence-corrected chi connectivity index (χ1v) is 14.5. The summed E-state index contributed by atoms with van der Waals surface area (Å²) in [6.07, 6.45) is 3.18. The van der Waals surface area contributed by atoms with Crippen LogP contribution < -0.4 is 10.1 Å². The Morgan fingerprint density at radius 1 is 1.00 bits per heavy atom. The van der Waals surface area contributed by atoms with Crippen molar-refractivity contribution in [2.75, 3.05) is 51.9 Å². The number of nitrogens with one attached hydrogen (secondary N) is 1. The molecule has 5 aromatic rings. The fraction of sp³-hybridized carbons (Fsp3) is 0.290. The second kappa shape index (κ2) is 13.6. The SMILES string of the molecule is COCCOc1cc(F)c(Cn2nc(-c3nc(CN4CCOCC4)cc(Nc4ccncc4Cl)n3)c3ccccc32)c(F)c1. The number of halogens is 3. The Bertz CT molecular complexity index is 1740. The van der Waals surface area contributed by atoms with Crippen LogP contribution in [0.1, 0.15) is 11.3 Å². The minimum absolute atomic E-state index is 0.0895. The van der Waals surface area contributed by atoms with Gasteiger partial charge in [0, 0.05) is 68.3 Å². The maximum absolute atomic E-state index is 15.1. The highest BCUT2D eigenvalue weighted by molar-refractivity contribution is 6.33. The summed E-state index contributed by atoms with van der Waals surface area (Å²) in [5.74, 6) is -0.495. The Balaban J connectivity index is 1.38. The van der Waals surface area contributed by atoms with Gasteiger partial charge in [-0.2, -0.15) is 5.10 Å². The predicted octanol–water partition coefficient (Wildman–Crippen LogP) is 5.47. The number of methoxy groups -OCH3 is 1. The lowest BCUT2D eigenvalue weighted by Gasteiger charge is -2.26. The molecule has 0 unspecified atom stereocenters. The summed E-state index contributed by atoms with van der Waals surface area (Å²) in [6.45, 7) is 3.77. The molecule has 0 amide bonds. The van der Waals surface area contributed by atoms with Crippen LogP contribution in [0.25, 0.3) is 22.4 Å². The molecule has 1 N–H and O–H groups in total. The Labute approximate surface area is 257 Å². The molecule has 3 aromatic heterocycles. The van der Waals surface area contributed by atoms with Crippen molar-refractivity contribution in [2.24, 2.45) is 0 Å². The van der Waals surface area contributed by atoms with Gasteiger partial charge < -0.3 is 19.5 Å². The van der Waals surface area contributed by atoms with Crippen LogP contribution in [0.3, 0.4) is 0 Å². The number of hydrogen-bond acceptors (Lipinski definition) is 9. The molecular weight excluding hydrogens is 592 g/mol. The second-order valence-electron chi connectivity index (χ2n) is 10.2. The molecule has 6 rings (SSSR count). The van der Waals surface area contributed by atoms with Crippen molar-refractivity contribution in [3.05, 3.63) is 88.8 Å². The summed E-state index contributed by atoms with van der Waals surface area (Å²) in [4.78, 5) is 16.0. The van der Waals surface area contributed by atoms with Crippen LogP contribution >= 0.6 is 11.6 Å². The van der Waals surface area contributed by atoms with E-state index in [1.807, 2.05) is 30.3 Å². The van der Waals surface area contributed by atoms with Crippen molar-refractivity contribution in [1.82, 2.24) is 29.6 Å². The standard InChI is InChI=1S/C31H30ClF2N7O3/c1-42-12-13-44-21-15-25(33)23(26(34)16-21)19-41-28-5-3-2-4-22(28)30(39-41)31-36-20(18-40-8-10-43-11-9-40)14-29(38-31)37-27-6-7-35-17-24(27)32/h2-7,14-17H,8-13,18-19H2,1H3,(H,35,36,37,38). The Morgan fingerprint density at radius 3 is 2.57 bits per heavy atom. The van der Waals surface area contributed by atoms with Crippen molar-refractivity contribution in [2.45, 2.75) is 13.1 Å². The van der Waals surface area contributed by atoms with Crippen LogP contribution in [0.15, 0.2) is 60.9 Å². The average molecular weight is 622 g/mol. The minimum Gasteiger partial charge on any atom is -0.491 e. The number of rotatable bonds is 11. The van der Waals surface area contributed by atoms with Gasteiger partial charge >= 0.3 is 0 Å². The van der Waals surface area contributed by atoms with Crippen molar-refractivity contribution in [1.29, 1.82) is 0 Å². The lowest BCUT2D eigenvalue weighted by molar-refractivity contribution is 0.0336. The molecule has 228 valence electrons. The van der Waals surface area contributed by atoms with Crippen molar-refractivity contribution in [3.8, 4) is 17.3 Å². The first kappa shape index (κ1) is 29.8. The van der Waals surface area contributed by atoms with Crippen LogP contribution in [0.5, 0.6) is 5.75 Å². The third-order valence-corrected chi connectivity index (χ3v) is 7.45. The van der Waals surface area contributed by atoms with Gasteiger partial charge in [0.25, 0.3) is 0 Å². The van der Waals surface area contributed by atoms with Gasteiger partial charge in [0.05, 0.1) is 48.3 Å². The summed E-state index contributed by atoms with van der Waals surface area (Å²) in [7, 11) is 1.52. The lowest BCUT2D eigenvalue weighted by atomic mass is 10.1. The number of para-hydroxylation sites is 1. The van der Waals surface area contributed by atoms with Crippen molar-refractivity contribution < 1.29 is 23.0 Å². The van der Waals surface area contributed by atoms with Crippen LogP contribution in [0.4, 0.5) is 20.3 Å². The van der Waals surface area contributed by atoms with E-state index in [1.54, 1.807) is 23.1 Å². The molecule has 0 radical (unpaired) electrons. The van der Waals surface area contributed by atoms with Crippen LogP contribution in [-0.4, -0.2) is 76.3 Å². The molecule has 0 spiro atoms. The van der Waals surface area contributed by atoms with E-state index in [-0.39, 0.29) is 24.5 Å². The van der Waals surface area contributed by atoms with Gasteiger partial charge in [0.1, 0.15) is 35.5 Å². The van der Waals surface area contributed by atoms with Crippen LogP contribution in [0, 0.1) is 11.6 Å². The first-order chi connectivity index (χ1) is 21.5. The molecule has 13 heteroatoms. The molecular formula is C31H30ClF2N7O3. The number of nitrogens with zero attached hydrogens (tertiary/aromatic N) is 6. The van der Waals surface area contributed by atoms with Crippen LogP contribution in [0.2, 0.25) is 5.02 Å². The summed E-state index contributed by atoms with van der Waals surface area (Å²) >= 11 is 6.37. The van der Waals surface area contributed by atoms with Gasteiger partial charge in [0.15, 0.2) is 5.82 Å². The van der Waals surface area contributed by atoms with Crippen molar-refractivity contribution >= 4 is 34.0 Å². The molecule has 1 saturated heterocycles. The molecule has 1 aliphatic rings. The molecule has 0 atom stereocenters. The van der Waals surface area contributed by atoms with E-state index >= 15 is 8.78 Å². The molecule has 2 aromatic carbocycles. The van der Waals surface area contributed by atoms with E-state index in [0.717, 1.165) is 24.2 Å². The van der Waals surface area contributed by atoms with Gasteiger partial charge in [-0.25, -0.2) is 18.7 Å². The van der Waals surface area contributed by atoms with Gasteiger partial charge in [-0.15, -0.1) is 0 Å². The van der Waals surface area contributed by atoms with E-state index in [0.29, 0.717) is 59.9 Å². The molecule has 0 saturated carbocycles. The third kappa shape index (κ3) is 6.78. The fourth-order valence-corrected chi connectivity index (χ4v) is 5.14. The Morgan fingerprint density at radius 2 is 1.80 bits per heavy atom. The monoisotopic (exact) mass is 621 g/mol. The Hall–Kier alpha value is -4.23. The number of anilines is 2. The summed E-state index contributed by atoms with van der Waals surface area (Å²) < 4.78 is 47.7. The topological polar surface area (TPSA) is 99.5 Å². The van der Waals surface area contributed by atoms with E-state index in [9.17, 15) is 0 Å². The molecule has 1 aliphatic heterocycles. The zero-order chi connectivity index (χ0) is 30.5. The lowest BCUT2D eigenvalue weighted by Crippen LogP contribution is -2.35. The number of pyridine rings is 1. The van der Waals surface area contributed by atoms with E-state index < -0.39 is 11.6 Å². The van der Waals surface area contributed by atoms with E-state index in [1.165, 1.54) is 19.2 Å². The molecule has 10 nitrogen and oxygen atoms in total. The van der Waals surface area contributed by atoms with Gasteiger partial charge in [-0.3, -0.25) is 14.6 Å². The largest absolute Gasteiger partial charge is 0.491 e. The first-order valence-electron chi connectivity index (χ1n) is 14.1. The predicted molar refractivity (Wildman–Crippen MR) is 162 cm³/mol. The van der Waals surface area contributed by atoms with Crippen LogP contribution in [-0.2, 0) is 22.6 Å². The normalized spacial score (nSPS) is 13.8. The number of benzene rings is 2. The minimum atomic E-state index is -0.733. The molecule has 1 fully saturated rings. The zero-order valence-electron chi connectivity index (χ0n) is 24.0. The van der Waals surface area contributed by atoms with Gasteiger partial charge in [0.2, 0.25) is 0 Å². The van der Waals surface area contributed by atoms with E-state index in [4.69, 9.17) is 40.9 Å². The number of hydrogen-bond donors (Lipinski definition) is 1. The quantitative estimate of drug-likeness (QED) is 0.193. The molecule has 0 bridgehead atoms. The number of fused-ring (bicyclic) bond motifs is 1. The number of aromatic nitrogens is 5. The molecule has 44 heavy (non-hydrogen) atoms. The smallest absolute Gasteiger partial charge is 0.183 e. The third-order valence-electron chi connectivity index (χ3n) is 7.15. The Kier molecular flexibility index (Phi) is 9.22. The number of morpholine rings is 1. The second-order valence-corrected chi connectivity index (χ2v) is 10.6. The summed E-state index contributed by atoms with van der Waals surface area (Å²) in [5, 5.41) is 9.24. The van der Waals surface area contributed by atoms with Gasteiger partial charge in [-0.1, -0.05) is 29.8 Å². The summed E-state index contributed by atoms with van der Waals surface area (Å²) in [5.41, 5.74) is 2.42.